The Morgan fingerprint density at radius 1 is 1.09 bits per heavy atom. The number of aliphatic carboxylic acids is 1. The van der Waals surface area contributed by atoms with Gasteiger partial charge >= 0.3 is 5.97 Å². The summed E-state index contributed by atoms with van der Waals surface area (Å²) >= 11 is 11.9. The van der Waals surface area contributed by atoms with Gasteiger partial charge in [0, 0.05) is 35.6 Å². The maximum absolute atomic E-state index is 13.3. The van der Waals surface area contributed by atoms with Crippen molar-refractivity contribution in [2.24, 2.45) is 7.05 Å². The summed E-state index contributed by atoms with van der Waals surface area (Å²) in [7, 11) is -2.68. The average molecular weight is 511 g/mol. The minimum atomic E-state index is -4.32. The van der Waals surface area contributed by atoms with Gasteiger partial charge in [0.05, 0.1) is 16.1 Å². The standard InChI is InChI=1S/C21H20Cl2N4O5S/c1-25-18-11-15(4-5-17(18)20(24-25)21(30)26-6-2-3-7-26)27(12-19(28)29)33(31,32)16-9-13(22)8-14(23)10-16/h4-5,8-11H,2-3,6-7,12H2,1H3,(H,28,29). The predicted molar refractivity (Wildman–Crippen MR) is 124 cm³/mol. The van der Waals surface area contributed by atoms with E-state index >= 15 is 0 Å². The third kappa shape index (κ3) is 4.50. The van der Waals surface area contributed by atoms with E-state index in [2.05, 4.69) is 5.10 Å². The van der Waals surface area contributed by atoms with Gasteiger partial charge in [0.25, 0.3) is 15.9 Å². The predicted octanol–water partition coefficient (Wildman–Crippen LogP) is 3.40. The Morgan fingerprint density at radius 2 is 1.73 bits per heavy atom. The molecule has 9 nitrogen and oxygen atoms in total. The highest BCUT2D eigenvalue weighted by molar-refractivity contribution is 7.92. The van der Waals surface area contributed by atoms with E-state index < -0.39 is 22.5 Å². The van der Waals surface area contributed by atoms with Gasteiger partial charge in [0.1, 0.15) is 6.54 Å². The van der Waals surface area contributed by atoms with Crippen molar-refractivity contribution in [3.63, 3.8) is 0 Å². The van der Waals surface area contributed by atoms with E-state index in [0.29, 0.717) is 24.0 Å². The molecule has 1 aromatic heterocycles. The molecule has 0 atom stereocenters. The molecule has 2 aromatic carbocycles. The van der Waals surface area contributed by atoms with E-state index in [1.807, 2.05) is 0 Å². The number of anilines is 1. The Hall–Kier alpha value is -2.82. The van der Waals surface area contributed by atoms with Crippen molar-refractivity contribution in [1.82, 2.24) is 14.7 Å². The molecule has 33 heavy (non-hydrogen) atoms. The molecule has 2 heterocycles. The molecule has 3 aromatic rings. The van der Waals surface area contributed by atoms with E-state index in [1.165, 1.54) is 35.0 Å². The maximum atomic E-state index is 13.3. The number of aryl methyl sites for hydroxylation is 1. The van der Waals surface area contributed by atoms with Crippen LogP contribution in [-0.4, -0.2) is 59.7 Å². The van der Waals surface area contributed by atoms with Gasteiger partial charge in [0.15, 0.2) is 5.69 Å². The van der Waals surface area contributed by atoms with E-state index in [-0.39, 0.29) is 32.2 Å². The molecule has 1 amide bonds. The van der Waals surface area contributed by atoms with Gasteiger partial charge in [-0.05, 0) is 49.2 Å². The number of carbonyl (C=O) groups is 2. The number of benzene rings is 2. The molecule has 1 aliphatic heterocycles. The van der Waals surface area contributed by atoms with E-state index in [0.717, 1.165) is 17.1 Å². The molecular formula is C21H20Cl2N4O5S. The van der Waals surface area contributed by atoms with Crippen LogP contribution in [-0.2, 0) is 21.9 Å². The molecule has 0 bridgehead atoms. The summed E-state index contributed by atoms with van der Waals surface area (Å²) in [6.45, 7) is 0.513. The summed E-state index contributed by atoms with van der Waals surface area (Å²) in [5.41, 5.74) is 0.865. The highest BCUT2D eigenvalue weighted by Crippen LogP contribution is 2.31. The van der Waals surface area contributed by atoms with Crippen molar-refractivity contribution in [3.05, 3.63) is 52.1 Å². The van der Waals surface area contributed by atoms with Crippen molar-refractivity contribution in [3.8, 4) is 0 Å². The van der Waals surface area contributed by atoms with Crippen LogP contribution in [0.1, 0.15) is 23.3 Å². The zero-order valence-corrected chi connectivity index (χ0v) is 19.9. The van der Waals surface area contributed by atoms with Crippen LogP contribution >= 0.6 is 23.2 Å². The Balaban J connectivity index is 1.80. The Labute approximate surface area is 200 Å². The summed E-state index contributed by atoms with van der Waals surface area (Å²) in [4.78, 5) is 25.9. The Morgan fingerprint density at radius 3 is 2.33 bits per heavy atom. The first kappa shape index (κ1) is 23.3. The number of hydrogen-bond donors (Lipinski definition) is 1. The minimum absolute atomic E-state index is 0.100. The van der Waals surface area contributed by atoms with Crippen LogP contribution in [0.15, 0.2) is 41.3 Å². The highest BCUT2D eigenvalue weighted by Gasteiger charge is 2.30. The van der Waals surface area contributed by atoms with Gasteiger partial charge in [0.2, 0.25) is 0 Å². The first-order valence-electron chi connectivity index (χ1n) is 10.0. The number of fused-ring (bicyclic) bond motifs is 1. The molecule has 0 aliphatic carbocycles. The lowest BCUT2D eigenvalue weighted by Crippen LogP contribution is -2.35. The number of amides is 1. The molecule has 0 spiro atoms. The van der Waals surface area contributed by atoms with Gasteiger partial charge in [-0.15, -0.1) is 0 Å². The first-order chi connectivity index (χ1) is 15.6. The monoisotopic (exact) mass is 510 g/mol. The molecule has 0 radical (unpaired) electrons. The van der Waals surface area contributed by atoms with Crippen LogP contribution in [0.4, 0.5) is 5.69 Å². The molecule has 1 saturated heterocycles. The summed E-state index contributed by atoms with van der Waals surface area (Å²) in [5, 5.41) is 14.5. The maximum Gasteiger partial charge on any atom is 0.324 e. The van der Waals surface area contributed by atoms with E-state index in [4.69, 9.17) is 23.2 Å². The van der Waals surface area contributed by atoms with Crippen LogP contribution in [0.25, 0.3) is 10.9 Å². The molecule has 174 valence electrons. The molecule has 1 fully saturated rings. The number of rotatable bonds is 6. The normalized spacial score (nSPS) is 14.1. The van der Waals surface area contributed by atoms with Crippen molar-refractivity contribution in [2.45, 2.75) is 17.7 Å². The molecule has 0 unspecified atom stereocenters. The largest absolute Gasteiger partial charge is 0.480 e. The van der Waals surface area contributed by atoms with Crippen LogP contribution in [0.3, 0.4) is 0 Å². The number of nitrogens with zero attached hydrogens (tertiary/aromatic N) is 4. The lowest BCUT2D eigenvalue weighted by Gasteiger charge is -2.23. The molecule has 1 aliphatic rings. The average Bonchev–Trinajstić information content (AvgIpc) is 3.39. The fourth-order valence-electron chi connectivity index (χ4n) is 3.87. The lowest BCUT2D eigenvalue weighted by molar-refractivity contribution is -0.135. The van der Waals surface area contributed by atoms with Crippen molar-refractivity contribution >= 4 is 61.7 Å². The smallest absolute Gasteiger partial charge is 0.324 e. The fourth-order valence-corrected chi connectivity index (χ4v) is 6.00. The minimum Gasteiger partial charge on any atom is -0.480 e. The molecule has 0 saturated carbocycles. The van der Waals surface area contributed by atoms with Crippen molar-refractivity contribution in [1.29, 1.82) is 0 Å². The second-order valence-corrected chi connectivity index (χ2v) is 10.4. The number of carbonyl (C=O) groups excluding carboxylic acids is 1. The number of likely N-dealkylation sites (tertiary alicyclic amines) is 1. The van der Waals surface area contributed by atoms with Gasteiger partial charge in [-0.3, -0.25) is 18.6 Å². The molecule has 1 N–H and O–H groups in total. The van der Waals surface area contributed by atoms with Crippen LogP contribution in [0, 0.1) is 0 Å². The first-order valence-corrected chi connectivity index (χ1v) is 12.2. The van der Waals surface area contributed by atoms with Crippen molar-refractivity contribution in [2.75, 3.05) is 23.9 Å². The van der Waals surface area contributed by atoms with E-state index in [9.17, 15) is 23.1 Å². The lowest BCUT2D eigenvalue weighted by atomic mass is 10.1. The van der Waals surface area contributed by atoms with Gasteiger partial charge in [-0.2, -0.15) is 5.10 Å². The second-order valence-electron chi connectivity index (χ2n) is 7.68. The molecule has 12 heteroatoms. The summed E-state index contributed by atoms with van der Waals surface area (Å²) < 4.78 is 28.9. The zero-order valence-electron chi connectivity index (χ0n) is 17.5. The summed E-state index contributed by atoms with van der Waals surface area (Å²) in [6.07, 6.45) is 1.88. The number of halogens is 2. The van der Waals surface area contributed by atoms with Gasteiger partial charge < -0.3 is 10.0 Å². The second kappa shape index (κ2) is 8.85. The van der Waals surface area contributed by atoms with Crippen LogP contribution in [0.5, 0.6) is 0 Å². The molecular weight excluding hydrogens is 491 g/mol. The zero-order chi connectivity index (χ0) is 23.9. The number of aromatic nitrogens is 2. The summed E-state index contributed by atoms with van der Waals surface area (Å²) in [6, 6.07) is 8.31. The summed E-state index contributed by atoms with van der Waals surface area (Å²) in [5.74, 6) is -1.53. The fraction of sp³-hybridized carbons (Fsp3) is 0.286. The Kier molecular flexibility index (Phi) is 6.26. The third-order valence-corrected chi connectivity index (χ3v) is 7.61. The number of hydrogen-bond acceptors (Lipinski definition) is 5. The topological polar surface area (TPSA) is 113 Å². The highest BCUT2D eigenvalue weighted by atomic mass is 35.5. The number of sulfonamides is 1. The van der Waals surface area contributed by atoms with Crippen LogP contribution < -0.4 is 4.31 Å². The third-order valence-electron chi connectivity index (χ3n) is 5.42. The van der Waals surface area contributed by atoms with Crippen LogP contribution in [0.2, 0.25) is 10.0 Å². The number of carboxylic acid groups (broad SMARTS) is 1. The SMILES string of the molecule is Cn1nc(C(=O)N2CCCC2)c2ccc(N(CC(=O)O)S(=O)(=O)c3cc(Cl)cc(Cl)c3)cc21. The van der Waals surface area contributed by atoms with Crippen molar-refractivity contribution < 1.29 is 23.1 Å². The van der Waals surface area contributed by atoms with Gasteiger partial charge in [-0.1, -0.05) is 23.2 Å². The number of carboxylic acids is 1. The Bertz CT molecular complexity index is 1350. The van der Waals surface area contributed by atoms with Gasteiger partial charge in [-0.25, -0.2) is 8.42 Å². The molecule has 4 rings (SSSR count). The quantitative estimate of drug-likeness (QED) is 0.543. The van der Waals surface area contributed by atoms with E-state index in [1.54, 1.807) is 18.0 Å².